The predicted octanol–water partition coefficient (Wildman–Crippen LogP) is 3.91. The summed E-state index contributed by atoms with van der Waals surface area (Å²) in [5, 5.41) is 4.75. The average Bonchev–Trinajstić information content (AvgIpc) is 2.35. The van der Waals surface area contributed by atoms with Crippen molar-refractivity contribution in [2.45, 2.75) is 6.54 Å². The summed E-state index contributed by atoms with van der Waals surface area (Å²) < 4.78 is 1.17. The van der Waals surface area contributed by atoms with Crippen LogP contribution in [-0.2, 0) is 6.54 Å². The van der Waals surface area contributed by atoms with Gasteiger partial charge in [0.05, 0.1) is 27.8 Å². The van der Waals surface area contributed by atoms with E-state index in [9.17, 15) is 4.79 Å². The number of nitrogens with zero attached hydrogens (tertiary/aromatic N) is 2. The number of halogens is 4. The van der Waals surface area contributed by atoms with Crippen molar-refractivity contribution in [2.75, 3.05) is 0 Å². The molecule has 7 heteroatoms. The van der Waals surface area contributed by atoms with Crippen LogP contribution in [0.4, 0.5) is 0 Å². The van der Waals surface area contributed by atoms with Gasteiger partial charge in [-0.25, -0.2) is 4.68 Å². The molecule has 0 atom stereocenters. The summed E-state index contributed by atoms with van der Waals surface area (Å²) in [4.78, 5) is 11.8. The Morgan fingerprint density at radius 2 is 1.78 bits per heavy atom. The molecule has 0 spiro atoms. The maximum Gasteiger partial charge on any atom is 0.287 e. The fourth-order valence-electron chi connectivity index (χ4n) is 1.39. The molecule has 18 heavy (non-hydrogen) atoms. The minimum atomic E-state index is -0.472. The van der Waals surface area contributed by atoms with E-state index in [0.29, 0.717) is 15.6 Å². The van der Waals surface area contributed by atoms with Gasteiger partial charge in [-0.15, -0.1) is 0 Å². The van der Waals surface area contributed by atoms with Gasteiger partial charge in [0.1, 0.15) is 5.02 Å². The van der Waals surface area contributed by atoms with Gasteiger partial charge in [-0.05, 0) is 11.6 Å². The second-order valence-electron chi connectivity index (χ2n) is 3.48. The average molecular weight is 324 g/mol. The molecule has 0 unspecified atom stereocenters. The third-order valence-electron chi connectivity index (χ3n) is 2.29. The zero-order valence-electron chi connectivity index (χ0n) is 8.83. The van der Waals surface area contributed by atoms with E-state index in [1.165, 1.54) is 10.9 Å². The van der Waals surface area contributed by atoms with Gasteiger partial charge in [-0.2, -0.15) is 5.10 Å². The van der Waals surface area contributed by atoms with Gasteiger partial charge < -0.3 is 0 Å². The van der Waals surface area contributed by atoms with Crippen LogP contribution >= 0.6 is 46.4 Å². The first kappa shape index (κ1) is 13.7. The minimum Gasteiger partial charge on any atom is -0.266 e. The Hall–Kier alpha value is -0.740. The van der Waals surface area contributed by atoms with E-state index < -0.39 is 5.56 Å². The fourth-order valence-corrected chi connectivity index (χ4v) is 2.04. The van der Waals surface area contributed by atoms with Gasteiger partial charge in [0.25, 0.3) is 5.56 Å². The number of hydrogen-bond donors (Lipinski definition) is 0. The lowest BCUT2D eigenvalue weighted by molar-refractivity contribution is 0.639. The first-order valence-corrected chi connectivity index (χ1v) is 6.36. The highest BCUT2D eigenvalue weighted by Gasteiger charge is 2.10. The molecule has 0 fully saturated rings. The van der Waals surface area contributed by atoms with Crippen molar-refractivity contribution in [2.24, 2.45) is 0 Å². The zero-order chi connectivity index (χ0) is 13.3. The van der Waals surface area contributed by atoms with Gasteiger partial charge in [-0.1, -0.05) is 58.5 Å². The summed E-state index contributed by atoms with van der Waals surface area (Å²) in [6.45, 7) is 0.176. The first-order valence-electron chi connectivity index (χ1n) is 4.84. The van der Waals surface area contributed by atoms with Gasteiger partial charge in [0.15, 0.2) is 0 Å². The van der Waals surface area contributed by atoms with Crippen molar-refractivity contribution >= 4 is 46.4 Å². The summed E-state index contributed by atoms with van der Waals surface area (Å²) >= 11 is 23.4. The Kier molecular flexibility index (Phi) is 4.17. The summed E-state index contributed by atoms with van der Waals surface area (Å²) in [5.41, 5.74) is 0.206. The van der Waals surface area contributed by atoms with Gasteiger partial charge in [0.2, 0.25) is 0 Å². The van der Waals surface area contributed by atoms with Crippen molar-refractivity contribution in [1.29, 1.82) is 0 Å². The van der Waals surface area contributed by atoms with Crippen LogP contribution in [0.1, 0.15) is 5.56 Å². The molecule has 0 aliphatic rings. The van der Waals surface area contributed by atoms with Crippen molar-refractivity contribution in [3.8, 4) is 0 Å². The maximum atomic E-state index is 11.8. The maximum absolute atomic E-state index is 11.8. The molecule has 0 amide bonds. The van der Waals surface area contributed by atoms with Gasteiger partial charge in [0, 0.05) is 0 Å². The standard InChI is InChI=1S/C11H6Cl4N2O/c12-7-3-1-2-6(9(7)14)5-17-11(18)10(15)8(13)4-16-17/h1-4H,5H2. The van der Waals surface area contributed by atoms with E-state index in [1.54, 1.807) is 18.2 Å². The topological polar surface area (TPSA) is 34.9 Å². The van der Waals surface area contributed by atoms with E-state index in [1.807, 2.05) is 0 Å². The van der Waals surface area contributed by atoms with Crippen molar-refractivity contribution in [3.05, 3.63) is 60.4 Å². The number of hydrogen-bond acceptors (Lipinski definition) is 2. The second kappa shape index (κ2) is 5.49. The molecule has 2 rings (SSSR count). The van der Waals surface area contributed by atoms with E-state index in [0.717, 1.165) is 0 Å². The monoisotopic (exact) mass is 322 g/mol. The predicted molar refractivity (Wildman–Crippen MR) is 74.1 cm³/mol. The van der Waals surface area contributed by atoms with Crippen LogP contribution < -0.4 is 5.56 Å². The SMILES string of the molecule is O=c1c(Cl)c(Cl)cnn1Cc1cccc(Cl)c1Cl. The Morgan fingerprint density at radius 1 is 1.06 bits per heavy atom. The molecule has 0 aliphatic heterocycles. The quantitative estimate of drug-likeness (QED) is 0.840. The van der Waals surface area contributed by atoms with Crippen molar-refractivity contribution in [3.63, 3.8) is 0 Å². The molecule has 1 heterocycles. The molecule has 94 valence electrons. The van der Waals surface area contributed by atoms with Crippen LogP contribution in [0, 0.1) is 0 Å². The van der Waals surface area contributed by atoms with Crippen LogP contribution in [-0.4, -0.2) is 9.78 Å². The van der Waals surface area contributed by atoms with Crippen LogP contribution in [0.15, 0.2) is 29.2 Å². The second-order valence-corrected chi connectivity index (χ2v) is 5.05. The molecule has 1 aromatic carbocycles. The number of rotatable bonds is 2. The molecule has 3 nitrogen and oxygen atoms in total. The minimum absolute atomic E-state index is 0.0650. The highest BCUT2D eigenvalue weighted by atomic mass is 35.5. The highest BCUT2D eigenvalue weighted by molar-refractivity contribution is 6.42. The summed E-state index contributed by atoms with van der Waals surface area (Å²) in [6.07, 6.45) is 1.31. The normalized spacial score (nSPS) is 10.7. The smallest absolute Gasteiger partial charge is 0.266 e. The molecule has 0 N–H and O–H groups in total. The van der Waals surface area contributed by atoms with E-state index in [-0.39, 0.29) is 16.6 Å². The molecule has 0 radical (unpaired) electrons. The zero-order valence-corrected chi connectivity index (χ0v) is 11.9. The molecule has 0 saturated carbocycles. The number of benzene rings is 1. The molecule has 2 aromatic rings. The van der Waals surface area contributed by atoms with Crippen LogP contribution in [0.5, 0.6) is 0 Å². The fraction of sp³-hybridized carbons (Fsp3) is 0.0909. The van der Waals surface area contributed by atoms with Crippen LogP contribution in [0.3, 0.4) is 0 Å². The van der Waals surface area contributed by atoms with Gasteiger partial charge in [-0.3, -0.25) is 4.79 Å². The molecule has 1 aromatic heterocycles. The Labute approximate surface area is 123 Å². The molecule has 0 aliphatic carbocycles. The Balaban J connectivity index is 2.44. The lowest BCUT2D eigenvalue weighted by Crippen LogP contribution is -2.23. The molecule has 0 bridgehead atoms. The highest BCUT2D eigenvalue weighted by Crippen LogP contribution is 2.26. The number of aromatic nitrogens is 2. The third kappa shape index (κ3) is 2.64. The van der Waals surface area contributed by atoms with E-state index >= 15 is 0 Å². The van der Waals surface area contributed by atoms with Crippen LogP contribution in [0.2, 0.25) is 20.1 Å². The summed E-state index contributed by atoms with van der Waals surface area (Å²) in [7, 11) is 0. The molecule has 0 saturated heterocycles. The molecular weight excluding hydrogens is 318 g/mol. The first-order chi connectivity index (χ1) is 8.50. The lowest BCUT2D eigenvalue weighted by atomic mass is 10.2. The van der Waals surface area contributed by atoms with Crippen molar-refractivity contribution < 1.29 is 0 Å². The van der Waals surface area contributed by atoms with Crippen LogP contribution in [0.25, 0.3) is 0 Å². The lowest BCUT2D eigenvalue weighted by Gasteiger charge is -2.08. The van der Waals surface area contributed by atoms with E-state index in [2.05, 4.69) is 5.10 Å². The van der Waals surface area contributed by atoms with E-state index in [4.69, 9.17) is 46.4 Å². The van der Waals surface area contributed by atoms with Gasteiger partial charge >= 0.3 is 0 Å². The Morgan fingerprint density at radius 3 is 2.50 bits per heavy atom. The third-order valence-corrected chi connectivity index (χ3v) is 3.90. The summed E-state index contributed by atoms with van der Waals surface area (Å²) in [5.74, 6) is 0. The van der Waals surface area contributed by atoms with Crippen molar-refractivity contribution in [1.82, 2.24) is 9.78 Å². The molecular formula is C11H6Cl4N2O. The Bertz CT molecular complexity index is 654. The summed E-state index contributed by atoms with van der Waals surface area (Å²) in [6, 6.07) is 5.16. The largest absolute Gasteiger partial charge is 0.287 e.